The fourth-order valence-electron chi connectivity index (χ4n) is 4.92. The molecule has 1 heterocycles. The van der Waals surface area contributed by atoms with Gasteiger partial charge in [-0.05, 0) is 54.7 Å². The second kappa shape index (κ2) is 9.04. The molecule has 0 aromatic heterocycles. The zero-order chi connectivity index (χ0) is 26.4. The van der Waals surface area contributed by atoms with Crippen molar-refractivity contribution in [2.24, 2.45) is 5.41 Å². The number of carbonyl (C=O) groups is 2. The fourth-order valence-corrected chi connectivity index (χ4v) is 4.92. The van der Waals surface area contributed by atoms with Crippen LogP contribution in [0, 0.1) is 5.41 Å². The van der Waals surface area contributed by atoms with E-state index in [1.807, 2.05) is 13.8 Å². The summed E-state index contributed by atoms with van der Waals surface area (Å²) in [6.45, 7) is 5.68. The monoisotopic (exact) mass is 500 g/mol. The minimum Gasteiger partial charge on any atom is -0.504 e. The Bertz CT molecular complexity index is 1310. The summed E-state index contributed by atoms with van der Waals surface area (Å²) in [6.07, 6.45) is -3.70. The lowest BCUT2D eigenvalue weighted by atomic mass is 9.68. The average Bonchev–Trinajstić information content (AvgIpc) is 2.77. The molecule has 6 nitrogen and oxygen atoms in total. The van der Waals surface area contributed by atoms with Crippen LogP contribution in [0.25, 0.3) is 0 Å². The predicted molar refractivity (Wildman–Crippen MR) is 128 cm³/mol. The number of phenols is 1. The van der Waals surface area contributed by atoms with Gasteiger partial charge in [0.05, 0.1) is 12.7 Å². The number of benzene rings is 2. The molecule has 1 amide bonds. The van der Waals surface area contributed by atoms with Crippen molar-refractivity contribution in [3.8, 4) is 11.5 Å². The van der Waals surface area contributed by atoms with Crippen LogP contribution in [0.3, 0.4) is 0 Å². The smallest absolute Gasteiger partial charge is 0.416 e. The van der Waals surface area contributed by atoms with E-state index in [1.165, 1.54) is 25.3 Å². The van der Waals surface area contributed by atoms with Crippen LogP contribution in [0.5, 0.6) is 11.5 Å². The predicted octanol–water partition coefficient (Wildman–Crippen LogP) is 5.66. The molecule has 0 saturated heterocycles. The number of hydrogen-bond donors (Lipinski definition) is 3. The van der Waals surface area contributed by atoms with E-state index in [-0.39, 0.29) is 40.4 Å². The highest BCUT2D eigenvalue weighted by molar-refractivity contribution is 6.10. The number of hydrogen-bond acceptors (Lipinski definition) is 5. The van der Waals surface area contributed by atoms with Gasteiger partial charge in [-0.3, -0.25) is 9.59 Å². The number of dihydropyridines is 1. The number of nitrogens with one attached hydrogen (secondary N) is 2. The normalized spacial score (nSPS) is 19.5. The fraction of sp³-hybridized carbons (Fsp3) is 0.333. The first-order chi connectivity index (χ1) is 16.8. The molecule has 2 aliphatic rings. The van der Waals surface area contributed by atoms with Crippen molar-refractivity contribution in [2.75, 3.05) is 12.4 Å². The summed E-state index contributed by atoms with van der Waals surface area (Å²) in [5.74, 6) is -1.49. The standard InChI is InChI=1S/C27H27F3N2O4/c1-14-22(25(35)32-17-7-5-6-16(11-17)27(28,29)30)23(15-8-9-19(33)21(10-15)36-4)24-18(31-14)12-26(2,3)13-20(24)34/h5-11,23,31,33H,12-13H2,1-4H3,(H,32,35)/t23-/m1/s1. The van der Waals surface area contributed by atoms with Gasteiger partial charge >= 0.3 is 6.18 Å². The van der Waals surface area contributed by atoms with Crippen LogP contribution in [0.15, 0.2) is 65.0 Å². The lowest BCUT2D eigenvalue weighted by Gasteiger charge is -2.39. The third-order valence-electron chi connectivity index (χ3n) is 6.47. The van der Waals surface area contributed by atoms with Gasteiger partial charge in [-0.1, -0.05) is 26.0 Å². The highest BCUT2D eigenvalue weighted by Crippen LogP contribution is 2.47. The molecule has 1 aliphatic heterocycles. The van der Waals surface area contributed by atoms with Gasteiger partial charge in [-0.2, -0.15) is 13.2 Å². The maximum Gasteiger partial charge on any atom is 0.416 e. The third-order valence-corrected chi connectivity index (χ3v) is 6.47. The van der Waals surface area contributed by atoms with Gasteiger partial charge in [-0.25, -0.2) is 0 Å². The van der Waals surface area contributed by atoms with E-state index in [1.54, 1.807) is 19.1 Å². The van der Waals surface area contributed by atoms with Crippen molar-refractivity contribution < 1.29 is 32.6 Å². The van der Waals surface area contributed by atoms with E-state index in [0.29, 0.717) is 29.0 Å². The maximum atomic E-state index is 13.5. The van der Waals surface area contributed by atoms with Gasteiger partial charge in [0, 0.05) is 40.6 Å². The van der Waals surface area contributed by atoms with E-state index in [0.717, 1.165) is 12.1 Å². The second-order valence-corrected chi connectivity index (χ2v) is 9.89. The Morgan fingerprint density at radius 3 is 2.56 bits per heavy atom. The largest absolute Gasteiger partial charge is 0.504 e. The molecule has 3 N–H and O–H groups in total. The van der Waals surface area contributed by atoms with E-state index in [9.17, 15) is 27.9 Å². The number of ether oxygens (including phenoxy) is 1. The lowest BCUT2D eigenvalue weighted by molar-refractivity contribution is -0.137. The van der Waals surface area contributed by atoms with Gasteiger partial charge in [0.2, 0.25) is 0 Å². The van der Waals surface area contributed by atoms with Crippen molar-refractivity contribution in [3.05, 3.63) is 76.1 Å². The Labute approximate surface area is 206 Å². The number of phenolic OH excluding ortho intramolecular Hbond substituents is 1. The van der Waals surface area contributed by atoms with Gasteiger partial charge in [0.1, 0.15) is 0 Å². The van der Waals surface area contributed by atoms with E-state index >= 15 is 0 Å². The number of Topliss-reactive ketones (excluding diaryl/α,β-unsaturated/α-hetero) is 1. The summed E-state index contributed by atoms with van der Waals surface area (Å²) in [5.41, 5.74) is 1.18. The zero-order valence-corrected chi connectivity index (χ0v) is 20.3. The summed E-state index contributed by atoms with van der Waals surface area (Å²) in [5, 5.41) is 15.9. The van der Waals surface area contributed by atoms with E-state index in [2.05, 4.69) is 10.6 Å². The maximum absolute atomic E-state index is 13.5. The Morgan fingerprint density at radius 1 is 1.17 bits per heavy atom. The number of allylic oxidation sites excluding steroid dienone is 3. The van der Waals surface area contributed by atoms with Crippen LogP contribution in [0.2, 0.25) is 0 Å². The minimum absolute atomic E-state index is 0.0203. The number of alkyl halides is 3. The minimum atomic E-state index is -4.56. The number of anilines is 1. The van der Waals surface area contributed by atoms with E-state index in [4.69, 9.17) is 4.74 Å². The number of rotatable bonds is 4. The summed E-state index contributed by atoms with van der Waals surface area (Å²) >= 11 is 0. The molecule has 4 rings (SSSR count). The van der Waals surface area contributed by atoms with E-state index < -0.39 is 23.6 Å². The molecule has 1 atom stereocenters. The molecule has 0 bridgehead atoms. The van der Waals surface area contributed by atoms with Crippen LogP contribution in [-0.2, 0) is 15.8 Å². The molecule has 0 radical (unpaired) electrons. The first-order valence-electron chi connectivity index (χ1n) is 11.4. The summed E-state index contributed by atoms with van der Waals surface area (Å²) in [6, 6.07) is 8.97. The second-order valence-electron chi connectivity index (χ2n) is 9.89. The molecule has 2 aromatic carbocycles. The quantitative estimate of drug-likeness (QED) is 0.504. The number of methoxy groups -OCH3 is 1. The molecule has 0 spiro atoms. The Hall–Kier alpha value is -3.75. The molecule has 0 fully saturated rings. The van der Waals surface area contributed by atoms with Crippen molar-refractivity contribution in [1.82, 2.24) is 5.32 Å². The highest BCUT2D eigenvalue weighted by Gasteiger charge is 2.43. The van der Waals surface area contributed by atoms with Crippen LogP contribution in [0.1, 0.15) is 50.7 Å². The van der Waals surface area contributed by atoms with Gasteiger partial charge in [0.25, 0.3) is 5.91 Å². The summed E-state index contributed by atoms with van der Waals surface area (Å²) < 4.78 is 44.8. The van der Waals surface area contributed by atoms with Crippen LogP contribution in [-0.4, -0.2) is 23.9 Å². The van der Waals surface area contributed by atoms with Gasteiger partial charge in [0.15, 0.2) is 17.3 Å². The molecular weight excluding hydrogens is 473 g/mol. The Balaban J connectivity index is 1.81. The van der Waals surface area contributed by atoms with Crippen molar-refractivity contribution in [2.45, 2.75) is 45.7 Å². The Morgan fingerprint density at radius 2 is 1.89 bits per heavy atom. The third kappa shape index (κ3) is 4.82. The number of halogens is 3. The van der Waals surface area contributed by atoms with Gasteiger partial charge in [-0.15, -0.1) is 0 Å². The van der Waals surface area contributed by atoms with Crippen LogP contribution in [0.4, 0.5) is 18.9 Å². The molecule has 9 heteroatoms. The van der Waals surface area contributed by atoms with Crippen LogP contribution < -0.4 is 15.4 Å². The summed E-state index contributed by atoms with van der Waals surface area (Å²) in [4.78, 5) is 26.9. The van der Waals surface area contributed by atoms with Crippen molar-refractivity contribution in [3.63, 3.8) is 0 Å². The SMILES string of the molecule is COc1cc([C@@H]2C(C(=O)Nc3cccc(C(F)(F)F)c3)=C(C)NC3=C2C(=O)CC(C)(C)C3)ccc1O. The molecule has 2 aromatic rings. The molecule has 190 valence electrons. The van der Waals surface area contributed by atoms with Gasteiger partial charge < -0.3 is 20.5 Å². The molecule has 0 unspecified atom stereocenters. The average molecular weight is 501 g/mol. The molecule has 36 heavy (non-hydrogen) atoms. The number of carbonyl (C=O) groups excluding carboxylic acids is 2. The first-order valence-corrected chi connectivity index (χ1v) is 11.4. The number of aromatic hydroxyl groups is 1. The topological polar surface area (TPSA) is 87.7 Å². The molecule has 1 aliphatic carbocycles. The number of amides is 1. The van der Waals surface area contributed by atoms with Crippen molar-refractivity contribution >= 4 is 17.4 Å². The molecular formula is C27H27F3N2O4. The Kier molecular flexibility index (Phi) is 6.36. The lowest BCUT2D eigenvalue weighted by Crippen LogP contribution is -2.39. The highest BCUT2D eigenvalue weighted by atomic mass is 19.4. The van der Waals surface area contributed by atoms with Crippen molar-refractivity contribution in [1.29, 1.82) is 0 Å². The first kappa shape index (κ1) is 25.3. The number of ketones is 1. The zero-order valence-electron chi connectivity index (χ0n) is 20.3. The molecule has 0 saturated carbocycles. The van der Waals surface area contributed by atoms with Crippen LogP contribution >= 0.6 is 0 Å². The summed E-state index contributed by atoms with van der Waals surface area (Å²) in [7, 11) is 1.39.